The summed E-state index contributed by atoms with van der Waals surface area (Å²) < 4.78 is 6.81. The number of hydrogen-bond acceptors (Lipinski definition) is 2. The molecule has 0 spiro atoms. The van der Waals surface area contributed by atoms with Crippen LogP contribution in [0.3, 0.4) is 0 Å². The van der Waals surface area contributed by atoms with Gasteiger partial charge in [-0.25, -0.2) is 0 Å². The normalized spacial score (nSPS) is 11.7. The number of carbonyl (C=O) groups excluding carboxylic acids is 1. The van der Waals surface area contributed by atoms with Crippen LogP contribution < -0.4 is 21.7 Å². The van der Waals surface area contributed by atoms with Crippen LogP contribution in [0.5, 0.6) is 5.75 Å². The number of aryl methyl sites for hydroxylation is 1. The molecule has 168 valence electrons. The fourth-order valence-corrected chi connectivity index (χ4v) is 3.77. The molecule has 0 atom stereocenters. The summed E-state index contributed by atoms with van der Waals surface area (Å²) in [7, 11) is 4.30. The summed E-state index contributed by atoms with van der Waals surface area (Å²) in [4.78, 5) is 14.7. The van der Waals surface area contributed by atoms with Gasteiger partial charge in [0.15, 0.2) is 6.54 Å². The van der Waals surface area contributed by atoms with Crippen LogP contribution in [0.2, 0.25) is 0 Å². The highest BCUT2D eigenvalue weighted by atomic mass is 79.9. The van der Waals surface area contributed by atoms with Gasteiger partial charge in [-0.3, -0.25) is 4.79 Å². The highest BCUT2D eigenvalue weighted by molar-refractivity contribution is 5.77. The Morgan fingerprint density at radius 3 is 2.14 bits per heavy atom. The second-order valence-electron chi connectivity index (χ2n) is 9.56. The van der Waals surface area contributed by atoms with Gasteiger partial charge in [-0.2, -0.15) is 0 Å². The molecule has 1 amide bonds. The zero-order valence-corrected chi connectivity index (χ0v) is 21.7. The van der Waals surface area contributed by atoms with Crippen LogP contribution in [0.1, 0.15) is 71.4 Å². The van der Waals surface area contributed by atoms with E-state index in [9.17, 15) is 4.79 Å². The highest BCUT2D eigenvalue weighted by Gasteiger charge is 2.27. The molecule has 5 heteroatoms. The van der Waals surface area contributed by atoms with Crippen molar-refractivity contribution in [3.63, 3.8) is 0 Å². The number of nitrogens with zero attached hydrogens (tertiary/aromatic N) is 2. The lowest BCUT2D eigenvalue weighted by molar-refractivity contribution is -0.883. The Bertz CT molecular complexity index is 619. The van der Waals surface area contributed by atoms with Crippen molar-refractivity contribution in [3.05, 3.63) is 29.3 Å². The molecule has 0 aliphatic carbocycles. The lowest BCUT2D eigenvalue weighted by Crippen LogP contribution is -3.00. The fourth-order valence-electron chi connectivity index (χ4n) is 3.77. The van der Waals surface area contributed by atoms with E-state index < -0.39 is 0 Å². The number of hydrogen-bond donors (Lipinski definition) is 0. The van der Waals surface area contributed by atoms with Crippen molar-refractivity contribution >= 4 is 5.91 Å². The van der Waals surface area contributed by atoms with E-state index in [2.05, 4.69) is 80.8 Å². The van der Waals surface area contributed by atoms with E-state index in [1.807, 2.05) is 4.90 Å². The van der Waals surface area contributed by atoms with E-state index in [1.165, 1.54) is 11.1 Å². The van der Waals surface area contributed by atoms with Crippen LogP contribution in [0.15, 0.2) is 18.2 Å². The standard InChI is InChI=1S/C24H43N2O2.BrH/c1-18(2)22-13-12-21(7)16-23(22)28-15-11-10-14-26(8,9)17-24(27)25(19(3)4)20(5)6;/h12-13,16,18-20H,10-11,14-15,17H2,1-9H3;1H/q+1;/p-1. The van der Waals surface area contributed by atoms with Crippen molar-refractivity contribution in [3.8, 4) is 5.75 Å². The van der Waals surface area contributed by atoms with E-state index in [1.54, 1.807) is 0 Å². The number of likely N-dealkylation sites (N-methyl/N-ethyl adjacent to an activating group) is 1. The van der Waals surface area contributed by atoms with Gasteiger partial charge in [0.2, 0.25) is 0 Å². The van der Waals surface area contributed by atoms with E-state index >= 15 is 0 Å². The topological polar surface area (TPSA) is 29.5 Å². The summed E-state index contributed by atoms with van der Waals surface area (Å²) in [6.07, 6.45) is 2.05. The Hall–Kier alpha value is -1.07. The van der Waals surface area contributed by atoms with E-state index in [0.717, 1.165) is 36.2 Å². The third-order valence-corrected chi connectivity index (χ3v) is 5.17. The zero-order valence-electron chi connectivity index (χ0n) is 20.1. The summed E-state index contributed by atoms with van der Waals surface area (Å²) in [6, 6.07) is 6.95. The molecule has 0 heterocycles. The van der Waals surface area contributed by atoms with Gasteiger partial charge in [-0.1, -0.05) is 26.0 Å². The number of ether oxygens (including phenoxy) is 1. The van der Waals surface area contributed by atoms with Crippen molar-refractivity contribution in [1.29, 1.82) is 0 Å². The van der Waals surface area contributed by atoms with Crippen molar-refractivity contribution < 1.29 is 31.0 Å². The minimum absolute atomic E-state index is 0. The van der Waals surface area contributed by atoms with Crippen molar-refractivity contribution in [2.24, 2.45) is 0 Å². The van der Waals surface area contributed by atoms with Crippen molar-refractivity contribution in [2.75, 3.05) is 33.8 Å². The second kappa shape index (κ2) is 12.6. The first-order valence-electron chi connectivity index (χ1n) is 10.8. The van der Waals surface area contributed by atoms with Gasteiger partial charge >= 0.3 is 0 Å². The Labute approximate surface area is 190 Å². The maximum atomic E-state index is 12.7. The number of halogens is 1. The van der Waals surface area contributed by atoms with E-state index in [-0.39, 0.29) is 35.0 Å². The van der Waals surface area contributed by atoms with Crippen LogP contribution in [-0.2, 0) is 4.79 Å². The summed E-state index contributed by atoms with van der Waals surface area (Å²) in [5, 5.41) is 0. The molecule has 1 aromatic rings. The number of amides is 1. The summed E-state index contributed by atoms with van der Waals surface area (Å²) >= 11 is 0. The maximum Gasteiger partial charge on any atom is 0.278 e. The molecular weight excluding hydrogens is 428 g/mol. The van der Waals surface area contributed by atoms with Gasteiger partial charge in [0, 0.05) is 12.1 Å². The maximum absolute atomic E-state index is 12.7. The van der Waals surface area contributed by atoms with Crippen LogP contribution in [-0.4, -0.2) is 61.2 Å². The average molecular weight is 472 g/mol. The second-order valence-corrected chi connectivity index (χ2v) is 9.56. The van der Waals surface area contributed by atoms with Gasteiger partial charge in [0.05, 0.1) is 27.2 Å². The molecule has 0 saturated heterocycles. The van der Waals surface area contributed by atoms with Crippen LogP contribution in [0.4, 0.5) is 0 Å². The van der Waals surface area contributed by atoms with Gasteiger partial charge in [-0.15, -0.1) is 0 Å². The van der Waals surface area contributed by atoms with Crippen LogP contribution >= 0.6 is 0 Å². The predicted molar refractivity (Wildman–Crippen MR) is 119 cm³/mol. The molecule has 1 aromatic carbocycles. The van der Waals surface area contributed by atoms with Crippen LogP contribution in [0, 0.1) is 6.92 Å². The lowest BCUT2D eigenvalue weighted by Gasteiger charge is -2.35. The molecule has 0 aliphatic heterocycles. The van der Waals surface area contributed by atoms with Gasteiger partial charge in [0.25, 0.3) is 5.91 Å². The molecule has 0 aliphatic rings. The minimum atomic E-state index is 0. The first-order chi connectivity index (χ1) is 12.9. The van der Waals surface area contributed by atoms with Gasteiger partial charge in [-0.05, 0) is 70.6 Å². The van der Waals surface area contributed by atoms with Crippen LogP contribution in [0.25, 0.3) is 0 Å². The fraction of sp³-hybridized carbons (Fsp3) is 0.708. The summed E-state index contributed by atoms with van der Waals surface area (Å²) in [5.74, 6) is 1.72. The molecule has 0 radical (unpaired) electrons. The van der Waals surface area contributed by atoms with Crippen molar-refractivity contribution in [2.45, 2.75) is 79.3 Å². The molecule has 29 heavy (non-hydrogen) atoms. The number of carbonyl (C=O) groups is 1. The molecule has 0 N–H and O–H groups in total. The molecule has 0 saturated carbocycles. The Morgan fingerprint density at radius 2 is 1.62 bits per heavy atom. The highest BCUT2D eigenvalue weighted by Crippen LogP contribution is 2.27. The SMILES string of the molecule is Cc1ccc(C(C)C)c(OCCCC[N+](C)(C)CC(=O)N(C(C)C)C(C)C)c1.[Br-]. The third kappa shape index (κ3) is 9.52. The molecule has 4 nitrogen and oxygen atoms in total. The largest absolute Gasteiger partial charge is 1.00 e. The van der Waals surface area contributed by atoms with E-state index in [4.69, 9.17) is 4.74 Å². The molecule has 0 unspecified atom stereocenters. The molecular formula is C24H43BrN2O2. The predicted octanol–water partition coefficient (Wildman–Crippen LogP) is 2.00. The first-order valence-corrected chi connectivity index (χ1v) is 10.8. The lowest BCUT2D eigenvalue weighted by atomic mass is 10.0. The minimum Gasteiger partial charge on any atom is -1.00 e. The van der Waals surface area contributed by atoms with Gasteiger partial charge < -0.3 is 31.1 Å². The first kappa shape index (κ1) is 27.9. The molecule has 0 aromatic heterocycles. The number of rotatable bonds is 11. The third-order valence-electron chi connectivity index (χ3n) is 5.17. The Balaban J connectivity index is 0.00000784. The summed E-state index contributed by atoms with van der Waals surface area (Å²) in [5.41, 5.74) is 2.50. The monoisotopic (exact) mass is 470 g/mol. The summed E-state index contributed by atoms with van der Waals surface area (Å²) in [6.45, 7) is 17.1. The molecule has 1 rings (SSSR count). The zero-order chi connectivity index (χ0) is 21.5. The molecule has 0 bridgehead atoms. The number of benzene rings is 1. The Kier molecular flexibility index (Phi) is 12.1. The number of quaternary nitrogens is 1. The molecule has 0 fully saturated rings. The van der Waals surface area contributed by atoms with Crippen molar-refractivity contribution in [1.82, 2.24) is 4.90 Å². The quantitative estimate of drug-likeness (QED) is 0.365. The number of unbranched alkanes of at least 4 members (excludes halogenated alkanes) is 1. The Morgan fingerprint density at radius 1 is 1.03 bits per heavy atom. The average Bonchev–Trinajstić information content (AvgIpc) is 2.52. The van der Waals surface area contributed by atoms with E-state index in [0.29, 0.717) is 12.5 Å². The smallest absolute Gasteiger partial charge is 0.278 e. The van der Waals surface area contributed by atoms with Gasteiger partial charge in [0.1, 0.15) is 5.75 Å².